The number of carbonyl (C=O) groups excluding carboxylic acids is 3. The van der Waals surface area contributed by atoms with Gasteiger partial charge in [-0.3, -0.25) is 14.5 Å². The molecule has 0 bridgehead atoms. The van der Waals surface area contributed by atoms with Crippen LogP contribution in [0.1, 0.15) is 45.6 Å². The summed E-state index contributed by atoms with van der Waals surface area (Å²) in [4.78, 5) is 38.8. The molecule has 0 aromatic heterocycles. The zero-order chi connectivity index (χ0) is 22.1. The van der Waals surface area contributed by atoms with Crippen LogP contribution in [0.4, 0.5) is 13.6 Å². The molecule has 7 nitrogen and oxygen atoms in total. The number of ether oxygens (including phenoxy) is 1. The van der Waals surface area contributed by atoms with Gasteiger partial charge in [0.2, 0.25) is 5.91 Å². The van der Waals surface area contributed by atoms with Crippen molar-refractivity contribution >= 4 is 17.8 Å². The minimum atomic E-state index is -2.96. The first-order valence-electron chi connectivity index (χ1n) is 10.1. The largest absolute Gasteiger partial charge is 0.435 e. The molecule has 1 aliphatic carbocycles. The maximum atomic E-state index is 13.0. The molecule has 0 spiro atoms. The van der Waals surface area contributed by atoms with Crippen molar-refractivity contribution in [3.8, 4) is 5.75 Å². The summed E-state index contributed by atoms with van der Waals surface area (Å²) in [5, 5.41) is 5.56. The second-order valence-electron chi connectivity index (χ2n) is 8.29. The highest BCUT2D eigenvalue weighted by Crippen LogP contribution is 2.31. The smallest absolute Gasteiger partial charge is 0.387 e. The van der Waals surface area contributed by atoms with Gasteiger partial charge in [-0.1, -0.05) is 38.8 Å². The molecule has 2 fully saturated rings. The minimum Gasteiger partial charge on any atom is -0.435 e. The van der Waals surface area contributed by atoms with Crippen LogP contribution in [0.2, 0.25) is 0 Å². The van der Waals surface area contributed by atoms with E-state index in [-0.39, 0.29) is 24.2 Å². The molecule has 0 radical (unpaired) electrons. The van der Waals surface area contributed by atoms with Crippen LogP contribution in [0.3, 0.4) is 0 Å². The van der Waals surface area contributed by atoms with E-state index in [0.29, 0.717) is 17.4 Å². The summed E-state index contributed by atoms with van der Waals surface area (Å²) in [5.74, 6) is -0.183. The zero-order valence-corrected chi connectivity index (χ0v) is 17.3. The Hall–Kier alpha value is -2.71. The van der Waals surface area contributed by atoms with Crippen molar-refractivity contribution in [1.82, 2.24) is 15.5 Å². The second-order valence-corrected chi connectivity index (χ2v) is 8.29. The van der Waals surface area contributed by atoms with Crippen molar-refractivity contribution in [3.63, 3.8) is 0 Å². The molecule has 30 heavy (non-hydrogen) atoms. The maximum Gasteiger partial charge on any atom is 0.387 e. The predicted octanol–water partition coefficient (Wildman–Crippen LogP) is 3.00. The number of nitrogens with zero attached hydrogens (tertiary/aromatic N) is 1. The Labute approximate surface area is 174 Å². The Morgan fingerprint density at radius 1 is 1.27 bits per heavy atom. The summed E-state index contributed by atoms with van der Waals surface area (Å²) in [7, 11) is 0. The summed E-state index contributed by atoms with van der Waals surface area (Å²) >= 11 is 0. The van der Waals surface area contributed by atoms with Gasteiger partial charge in [0.05, 0.1) is 0 Å². The van der Waals surface area contributed by atoms with Gasteiger partial charge in [0.15, 0.2) is 0 Å². The van der Waals surface area contributed by atoms with Crippen LogP contribution in [0.15, 0.2) is 24.3 Å². The lowest BCUT2D eigenvalue weighted by Crippen LogP contribution is -2.48. The van der Waals surface area contributed by atoms with Crippen LogP contribution < -0.4 is 15.4 Å². The molecule has 1 aromatic carbocycles. The third-order valence-electron chi connectivity index (χ3n) is 6.29. The molecule has 3 rings (SSSR count). The number of carbonyl (C=O) groups is 3. The molecule has 1 aliphatic heterocycles. The molecular weight excluding hydrogens is 396 g/mol. The molecule has 4 atom stereocenters. The van der Waals surface area contributed by atoms with Gasteiger partial charge < -0.3 is 15.4 Å². The number of hydrogen-bond donors (Lipinski definition) is 2. The van der Waals surface area contributed by atoms with Gasteiger partial charge in [-0.2, -0.15) is 8.78 Å². The molecule has 1 saturated heterocycles. The molecule has 1 saturated carbocycles. The molecule has 9 heteroatoms. The highest BCUT2D eigenvalue weighted by Gasteiger charge is 2.49. The Morgan fingerprint density at radius 3 is 2.57 bits per heavy atom. The fourth-order valence-electron chi connectivity index (χ4n) is 4.19. The highest BCUT2D eigenvalue weighted by molar-refractivity contribution is 6.09. The van der Waals surface area contributed by atoms with Crippen LogP contribution in [-0.4, -0.2) is 41.9 Å². The molecule has 1 heterocycles. The van der Waals surface area contributed by atoms with E-state index in [2.05, 4.69) is 29.2 Å². The Balaban J connectivity index is 1.67. The van der Waals surface area contributed by atoms with Crippen LogP contribution in [0, 0.1) is 11.8 Å². The van der Waals surface area contributed by atoms with Crippen LogP contribution in [0.5, 0.6) is 5.75 Å². The topological polar surface area (TPSA) is 87.7 Å². The van der Waals surface area contributed by atoms with Gasteiger partial charge in [-0.15, -0.1) is 0 Å². The van der Waals surface area contributed by atoms with E-state index < -0.39 is 24.1 Å². The monoisotopic (exact) mass is 423 g/mol. The average Bonchev–Trinajstić information content (AvgIpc) is 2.89. The van der Waals surface area contributed by atoms with E-state index in [1.165, 1.54) is 31.2 Å². The van der Waals surface area contributed by atoms with Crippen molar-refractivity contribution < 1.29 is 27.9 Å². The molecule has 164 valence electrons. The van der Waals surface area contributed by atoms with E-state index in [1.807, 2.05) is 0 Å². The third kappa shape index (κ3) is 4.39. The summed E-state index contributed by atoms with van der Waals surface area (Å²) in [5.41, 5.74) is -0.993. The zero-order valence-electron chi connectivity index (χ0n) is 17.3. The van der Waals surface area contributed by atoms with Gasteiger partial charge in [0.1, 0.15) is 17.8 Å². The number of halogens is 2. The van der Waals surface area contributed by atoms with E-state index >= 15 is 0 Å². The summed E-state index contributed by atoms with van der Waals surface area (Å²) < 4.78 is 28.9. The standard InChI is InChI=1S/C21H27F2N3O4/c1-12-5-4-6-16(13(12)2)24-17(27)11-26-18(28)21(3,25-20(26)29)14-7-9-15(10-8-14)30-19(22)23/h7-10,12-13,16,19H,4-6,11H2,1-3H3,(H,24,27)(H,25,29)/t12-,13+,16+,21+/m0/s1. The first kappa shape index (κ1) is 22.0. The van der Waals surface area contributed by atoms with Gasteiger partial charge in [-0.05, 0) is 42.9 Å². The van der Waals surface area contributed by atoms with Gasteiger partial charge >= 0.3 is 12.6 Å². The number of imide groups is 1. The number of benzene rings is 1. The van der Waals surface area contributed by atoms with Crippen LogP contribution >= 0.6 is 0 Å². The first-order chi connectivity index (χ1) is 14.1. The predicted molar refractivity (Wildman–Crippen MR) is 105 cm³/mol. The lowest BCUT2D eigenvalue weighted by molar-refractivity contribution is -0.135. The highest BCUT2D eigenvalue weighted by atomic mass is 19.3. The van der Waals surface area contributed by atoms with Crippen LogP contribution in [0.25, 0.3) is 0 Å². The Bertz CT molecular complexity index is 817. The summed E-state index contributed by atoms with van der Waals surface area (Å²) in [6.45, 7) is 2.44. The lowest BCUT2D eigenvalue weighted by atomic mass is 9.78. The summed E-state index contributed by atoms with van der Waals surface area (Å²) in [6, 6.07) is 4.82. The van der Waals surface area contributed by atoms with Crippen molar-refractivity contribution in [2.75, 3.05) is 6.54 Å². The average molecular weight is 423 g/mol. The third-order valence-corrected chi connectivity index (χ3v) is 6.29. The molecule has 2 aliphatic rings. The van der Waals surface area contributed by atoms with Crippen LogP contribution in [-0.2, 0) is 15.1 Å². The van der Waals surface area contributed by atoms with Crippen molar-refractivity contribution in [2.45, 2.75) is 58.2 Å². The van der Waals surface area contributed by atoms with E-state index in [1.54, 1.807) is 0 Å². The Kier molecular flexibility index (Phi) is 6.28. The molecule has 0 unspecified atom stereocenters. The van der Waals surface area contributed by atoms with E-state index in [4.69, 9.17) is 0 Å². The van der Waals surface area contributed by atoms with Crippen molar-refractivity contribution in [2.24, 2.45) is 11.8 Å². The number of nitrogens with one attached hydrogen (secondary N) is 2. The van der Waals surface area contributed by atoms with Gasteiger partial charge in [-0.25, -0.2) is 4.79 Å². The SMILES string of the molecule is C[C@@H]1[C@@H](C)CCC[C@H]1NC(=O)CN1C(=O)N[C@](C)(c2ccc(OC(F)F)cc2)C1=O. The van der Waals surface area contributed by atoms with Gasteiger partial charge in [0, 0.05) is 6.04 Å². The van der Waals surface area contributed by atoms with Crippen molar-refractivity contribution in [1.29, 1.82) is 0 Å². The number of rotatable bonds is 6. The Morgan fingerprint density at radius 2 is 1.93 bits per heavy atom. The van der Waals surface area contributed by atoms with Crippen molar-refractivity contribution in [3.05, 3.63) is 29.8 Å². The molecule has 4 amide bonds. The number of alkyl halides is 2. The number of urea groups is 1. The van der Waals surface area contributed by atoms with E-state index in [0.717, 1.165) is 24.2 Å². The maximum absolute atomic E-state index is 13.0. The van der Waals surface area contributed by atoms with E-state index in [9.17, 15) is 23.2 Å². The first-order valence-corrected chi connectivity index (χ1v) is 10.1. The second kappa shape index (κ2) is 8.57. The minimum absolute atomic E-state index is 0.0239. The van der Waals surface area contributed by atoms with Gasteiger partial charge in [0.25, 0.3) is 5.91 Å². The molecule has 2 N–H and O–H groups in total. The fraction of sp³-hybridized carbons (Fsp3) is 0.571. The summed E-state index contributed by atoms with van der Waals surface area (Å²) in [6.07, 6.45) is 3.03. The molecular formula is C21H27F2N3O4. The lowest BCUT2D eigenvalue weighted by Gasteiger charge is -2.34. The normalized spacial score (nSPS) is 29.1. The quantitative estimate of drug-likeness (QED) is 0.689. The number of hydrogen-bond acceptors (Lipinski definition) is 4. The fourth-order valence-corrected chi connectivity index (χ4v) is 4.19. The number of amides is 4. The molecule has 1 aromatic rings.